The van der Waals surface area contributed by atoms with Crippen LogP contribution in [-0.2, 0) is 9.47 Å². The first-order valence-corrected chi connectivity index (χ1v) is 6.12. The summed E-state index contributed by atoms with van der Waals surface area (Å²) in [5.41, 5.74) is 1.10. The second kappa shape index (κ2) is 8.99. The largest absolute Gasteiger partial charge is 0.389 e. The average molecular weight is 254 g/mol. The van der Waals surface area contributed by atoms with Crippen molar-refractivity contribution in [3.63, 3.8) is 0 Å². The van der Waals surface area contributed by atoms with Crippen LogP contribution in [0.3, 0.4) is 0 Å². The molecule has 0 radical (unpaired) electrons. The van der Waals surface area contributed by atoms with Crippen LogP contribution in [-0.4, -0.2) is 49.7 Å². The van der Waals surface area contributed by atoms with Crippen molar-refractivity contribution in [3.05, 3.63) is 30.1 Å². The first-order valence-electron chi connectivity index (χ1n) is 6.12. The van der Waals surface area contributed by atoms with Crippen LogP contribution in [0, 0.1) is 0 Å². The molecule has 1 aromatic heterocycles. The van der Waals surface area contributed by atoms with Crippen molar-refractivity contribution in [2.24, 2.45) is 0 Å². The van der Waals surface area contributed by atoms with Crippen molar-refractivity contribution in [3.8, 4) is 0 Å². The maximum atomic E-state index is 9.70. The number of aliphatic hydroxyl groups is 1. The van der Waals surface area contributed by atoms with Crippen molar-refractivity contribution in [2.75, 3.05) is 33.5 Å². The smallest absolute Gasteiger partial charge is 0.0897 e. The average Bonchev–Trinajstić information content (AvgIpc) is 2.42. The standard InChI is InChI=1S/C13H22N2O3/c1-11(12-4-3-5-14-8-12)15-9-13(16)10-18-7-6-17-2/h3-5,8,11,13,15-16H,6-7,9-10H2,1-2H3. The van der Waals surface area contributed by atoms with E-state index in [4.69, 9.17) is 9.47 Å². The molecule has 0 fully saturated rings. The van der Waals surface area contributed by atoms with Crippen molar-refractivity contribution < 1.29 is 14.6 Å². The third kappa shape index (κ3) is 6.07. The van der Waals surface area contributed by atoms with Crippen molar-refractivity contribution in [1.82, 2.24) is 10.3 Å². The van der Waals surface area contributed by atoms with Gasteiger partial charge in [0.15, 0.2) is 0 Å². The summed E-state index contributed by atoms with van der Waals surface area (Å²) in [6.45, 7) is 3.90. The Morgan fingerprint density at radius 3 is 2.94 bits per heavy atom. The molecule has 0 saturated carbocycles. The molecule has 0 amide bonds. The van der Waals surface area contributed by atoms with E-state index in [1.54, 1.807) is 13.3 Å². The molecule has 2 N–H and O–H groups in total. The summed E-state index contributed by atoms with van der Waals surface area (Å²) < 4.78 is 10.1. The first-order chi connectivity index (χ1) is 8.74. The molecule has 5 nitrogen and oxygen atoms in total. The highest BCUT2D eigenvalue weighted by atomic mass is 16.5. The third-order valence-electron chi connectivity index (χ3n) is 2.59. The first kappa shape index (κ1) is 15.0. The van der Waals surface area contributed by atoms with E-state index in [0.29, 0.717) is 26.4 Å². The van der Waals surface area contributed by atoms with E-state index in [-0.39, 0.29) is 6.04 Å². The lowest BCUT2D eigenvalue weighted by Gasteiger charge is -2.17. The Morgan fingerprint density at radius 1 is 1.44 bits per heavy atom. The Balaban J connectivity index is 2.16. The Morgan fingerprint density at radius 2 is 2.28 bits per heavy atom. The van der Waals surface area contributed by atoms with E-state index in [1.807, 2.05) is 25.3 Å². The second-order valence-corrected chi connectivity index (χ2v) is 4.14. The predicted molar refractivity (Wildman–Crippen MR) is 69.4 cm³/mol. The second-order valence-electron chi connectivity index (χ2n) is 4.14. The van der Waals surface area contributed by atoms with Crippen molar-refractivity contribution >= 4 is 0 Å². The van der Waals surface area contributed by atoms with Gasteiger partial charge in [-0.3, -0.25) is 4.98 Å². The molecular weight excluding hydrogens is 232 g/mol. The summed E-state index contributed by atoms with van der Waals surface area (Å²) in [4.78, 5) is 4.06. The van der Waals surface area contributed by atoms with Crippen molar-refractivity contribution in [1.29, 1.82) is 0 Å². The SMILES string of the molecule is COCCOCC(O)CNC(C)c1cccnc1. The lowest BCUT2D eigenvalue weighted by molar-refractivity contribution is 0.0130. The number of nitrogens with zero attached hydrogens (tertiary/aromatic N) is 1. The molecule has 5 heteroatoms. The molecule has 0 aliphatic rings. The van der Waals surface area contributed by atoms with Crippen LogP contribution < -0.4 is 5.32 Å². The molecular formula is C13H22N2O3. The maximum Gasteiger partial charge on any atom is 0.0897 e. The number of aromatic nitrogens is 1. The molecule has 2 atom stereocenters. The van der Waals surface area contributed by atoms with E-state index in [2.05, 4.69) is 10.3 Å². The summed E-state index contributed by atoms with van der Waals surface area (Å²) in [5, 5.41) is 12.9. The fourth-order valence-corrected chi connectivity index (χ4v) is 1.48. The van der Waals surface area contributed by atoms with Gasteiger partial charge in [0, 0.05) is 32.1 Å². The van der Waals surface area contributed by atoms with Gasteiger partial charge in [0.2, 0.25) is 0 Å². The van der Waals surface area contributed by atoms with Gasteiger partial charge in [-0.1, -0.05) is 6.07 Å². The van der Waals surface area contributed by atoms with E-state index < -0.39 is 6.10 Å². The normalized spacial score (nSPS) is 14.4. The number of pyridine rings is 1. The number of rotatable bonds is 9. The zero-order chi connectivity index (χ0) is 13.2. The minimum atomic E-state index is -0.513. The molecule has 0 saturated heterocycles. The van der Waals surface area contributed by atoms with Gasteiger partial charge in [-0.2, -0.15) is 0 Å². The molecule has 1 rings (SSSR count). The number of methoxy groups -OCH3 is 1. The molecule has 0 aliphatic carbocycles. The summed E-state index contributed by atoms with van der Waals surface area (Å²) >= 11 is 0. The van der Waals surface area contributed by atoms with E-state index >= 15 is 0 Å². The summed E-state index contributed by atoms with van der Waals surface area (Å²) in [6, 6.07) is 4.07. The van der Waals surface area contributed by atoms with Gasteiger partial charge in [0.25, 0.3) is 0 Å². The molecule has 102 valence electrons. The van der Waals surface area contributed by atoms with Crippen molar-refractivity contribution in [2.45, 2.75) is 19.1 Å². The Hall–Kier alpha value is -1.01. The van der Waals surface area contributed by atoms with Gasteiger partial charge < -0.3 is 19.9 Å². The molecule has 2 unspecified atom stereocenters. The van der Waals surface area contributed by atoms with E-state index in [0.717, 1.165) is 5.56 Å². The number of hydrogen-bond acceptors (Lipinski definition) is 5. The maximum absolute atomic E-state index is 9.70. The highest BCUT2D eigenvalue weighted by Crippen LogP contribution is 2.09. The molecule has 1 aromatic rings. The molecule has 0 bridgehead atoms. The van der Waals surface area contributed by atoms with Crippen LogP contribution in [0.25, 0.3) is 0 Å². The van der Waals surface area contributed by atoms with Crippen LogP contribution in [0.1, 0.15) is 18.5 Å². The van der Waals surface area contributed by atoms with Crippen LogP contribution in [0.4, 0.5) is 0 Å². The topological polar surface area (TPSA) is 63.6 Å². The number of hydrogen-bond donors (Lipinski definition) is 2. The van der Waals surface area contributed by atoms with Crippen LogP contribution in [0.2, 0.25) is 0 Å². The van der Waals surface area contributed by atoms with Gasteiger partial charge in [0.1, 0.15) is 0 Å². The molecule has 0 spiro atoms. The number of aliphatic hydroxyl groups excluding tert-OH is 1. The van der Waals surface area contributed by atoms with Gasteiger partial charge >= 0.3 is 0 Å². The van der Waals surface area contributed by atoms with Crippen LogP contribution >= 0.6 is 0 Å². The Labute approximate surface area is 108 Å². The molecule has 0 aliphatic heterocycles. The van der Waals surface area contributed by atoms with E-state index in [1.165, 1.54) is 0 Å². The summed E-state index contributed by atoms with van der Waals surface area (Å²) in [5.74, 6) is 0. The fourth-order valence-electron chi connectivity index (χ4n) is 1.48. The summed E-state index contributed by atoms with van der Waals surface area (Å²) in [7, 11) is 1.62. The number of ether oxygens (including phenoxy) is 2. The lowest BCUT2D eigenvalue weighted by atomic mass is 10.1. The zero-order valence-electron chi connectivity index (χ0n) is 11.0. The monoisotopic (exact) mass is 254 g/mol. The quantitative estimate of drug-likeness (QED) is 0.637. The van der Waals surface area contributed by atoms with Crippen LogP contribution in [0.5, 0.6) is 0 Å². The lowest BCUT2D eigenvalue weighted by Crippen LogP contribution is -2.32. The van der Waals surface area contributed by atoms with E-state index in [9.17, 15) is 5.11 Å². The fraction of sp³-hybridized carbons (Fsp3) is 0.615. The predicted octanol–water partition coefficient (Wildman–Crippen LogP) is 0.756. The highest BCUT2D eigenvalue weighted by molar-refractivity contribution is 5.12. The van der Waals surface area contributed by atoms with Gasteiger partial charge in [-0.15, -0.1) is 0 Å². The highest BCUT2D eigenvalue weighted by Gasteiger charge is 2.08. The minimum Gasteiger partial charge on any atom is -0.389 e. The Kier molecular flexibility index (Phi) is 7.52. The van der Waals surface area contributed by atoms with Gasteiger partial charge in [-0.25, -0.2) is 0 Å². The molecule has 18 heavy (non-hydrogen) atoms. The van der Waals surface area contributed by atoms with Crippen LogP contribution in [0.15, 0.2) is 24.5 Å². The van der Waals surface area contributed by atoms with Gasteiger partial charge in [0.05, 0.1) is 25.9 Å². The Bertz CT molecular complexity index is 308. The minimum absolute atomic E-state index is 0.160. The summed E-state index contributed by atoms with van der Waals surface area (Å²) in [6.07, 6.45) is 3.05. The zero-order valence-corrected chi connectivity index (χ0v) is 11.0. The third-order valence-corrected chi connectivity index (χ3v) is 2.59. The molecule has 1 heterocycles. The number of nitrogens with one attached hydrogen (secondary N) is 1. The molecule has 0 aromatic carbocycles. The van der Waals surface area contributed by atoms with Gasteiger partial charge in [-0.05, 0) is 18.6 Å².